The molecule has 0 heterocycles. The van der Waals surface area contributed by atoms with Crippen LogP contribution in [0.4, 0.5) is 0 Å². The standard InChI is InChI=1S/C12H20BrN3O/c1-12(2,7-15-8-16-14)10-6-9(13)4-5-11(10)17-3/h4-6,15-16H,7-8,14H2,1-3H3. The minimum atomic E-state index is -0.0357. The summed E-state index contributed by atoms with van der Waals surface area (Å²) < 4.78 is 6.46. The molecule has 0 saturated carbocycles. The molecule has 0 aliphatic heterocycles. The van der Waals surface area contributed by atoms with E-state index in [4.69, 9.17) is 10.6 Å². The highest BCUT2D eigenvalue weighted by molar-refractivity contribution is 9.10. The Bertz CT molecular complexity index is 369. The lowest BCUT2D eigenvalue weighted by atomic mass is 9.84. The minimum Gasteiger partial charge on any atom is -0.496 e. The second-order valence-corrected chi connectivity index (χ2v) is 5.45. The van der Waals surface area contributed by atoms with E-state index in [0.29, 0.717) is 6.67 Å². The molecule has 96 valence electrons. The molecule has 1 aromatic carbocycles. The van der Waals surface area contributed by atoms with Crippen LogP contribution in [0.3, 0.4) is 0 Å². The number of nitrogens with one attached hydrogen (secondary N) is 2. The van der Waals surface area contributed by atoms with Crippen LogP contribution in [0, 0.1) is 0 Å². The summed E-state index contributed by atoms with van der Waals surface area (Å²) in [6.07, 6.45) is 0. The molecule has 0 radical (unpaired) electrons. The average Bonchev–Trinajstić information content (AvgIpc) is 2.29. The SMILES string of the molecule is COc1ccc(Br)cc1C(C)(C)CNCNN. The lowest BCUT2D eigenvalue weighted by molar-refractivity contribution is 0.383. The van der Waals surface area contributed by atoms with Crippen molar-refractivity contribution >= 4 is 15.9 Å². The third kappa shape index (κ3) is 3.96. The van der Waals surface area contributed by atoms with Crippen LogP contribution in [-0.4, -0.2) is 20.3 Å². The van der Waals surface area contributed by atoms with Gasteiger partial charge in [0.05, 0.1) is 13.8 Å². The fourth-order valence-electron chi connectivity index (χ4n) is 1.75. The maximum atomic E-state index is 5.40. The molecule has 5 heteroatoms. The van der Waals surface area contributed by atoms with E-state index in [1.807, 2.05) is 12.1 Å². The van der Waals surface area contributed by atoms with Gasteiger partial charge in [-0.1, -0.05) is 29.8 Å². The first kappa shape index (κ1) is 14.4. The number of hydrogen-bond donors (Lipinski definition) is 3. The summed E-state index contributed by atoms with van der Waals surface area (Å²) in [5.74, 6) is 6.14. The average molecular weight is 302 g/mol. The highest BCUT2D eigenvalue weighted by Crippen LogP contribution is 2.33. The number of ether oxygens (including phenoxy) is 1. The van der Waals surface area contributed by atoms with Crippen molar-refractivity contribution in [1.82, 2.24) is 10.7 Å². The fourth-order valence-corrected chi connectivity index (χ4v) is 2.11. The van der Waals surface area contributed by atoms with Crippen LogP contribution < -0.4 is 21.3 Å². The number of hydrogen-bond acceptors (Lipinski definition) is 4. The third-order valence-corrected chi connectivity index (χ3v) is 3.18. The van der Waals surface area contributed by atoms with Crippen LogP contribution in [0.5, 0.6) is 5.75 Å². The minimum absolute atomic E-state index is 0.0357. The molecule has 0 aromatic heterocycles. The molecule has 0 aliphatic carbocycles. The Morgan fingerprint density at radius 1 is 1.41 bits per heavy atom. The van der Waals surface area contributed by atoms with Crippen molar-refractivity contribution in [2.45, 2.75) is 19.3 Å². The van der Waals surface area contributed by atoms with Crippen LogP contribution >= 0.6 is 15.9 Å². The summed E-state index contributed by atoms with van der Waals surface area (Å²) in [6, 6.07) is 6.05. The van der Waals surface area contributed by atoms with Crippen LogP contribution in [0.25, 0.3) is 0 Å². The number of benzene rings is 1. The van der Waals surface area contributed by atoms with E-state index in [0.717, 1.165) is 16.8 Å². The zero-order chi connectivity index (χ0) is 12.9. The summed E-state index contributed by atoms with van der Waals surface area (Å²) in [6.45, 7) is 5.73. The van der Waals surface area contributed by atoms with Crippen molar-refractivity contribution in [3.8, 4) is 5.75 Å². The molecule has 0 aliphatic rings. The highest BCUT2D eigenvalue weighted by atomic mass is 79.9. The summed E-state index contributed by atoms with van der Waals surface area (Å²) in [7, 11) is 1.69. The Hall–Kier alpha value is -0.620. The Morgan fingerprint density at radius 3 is 2.71 bits per heavy atom. The smallest absolute Gasteiger partial charge is 0.122 e. The highest BCUT2D eigenvalue weighted by Gasteiger charge is 2.24. The first-order chi connectivity index (χ1) is 8.01. The van der Waals surface area contributed by atoms with Gasteiger partial charge in [0, 0.05) is 22.0 Å². The molecule has 0 amide bonds. The fraction of sp³-hybridized carbons (Fsp3) is 0.500. The van der Waals surface area contributed by atoms with E-state index in [-0.39, 0.29) is 5.41 Å². The molecule has 0 bridgehead atoms. The first-order valence-corrected chi connectivity index (χ1v) is 6.29. The van der Waals surface area contributed by atoms with E-state index in [1.54, 1.807) is 7.11 Å². The van der Waals surface area contributed by atoms with Crippen molar-refractivity contribution < 1.29 is 4.74 Å². The molecule has 0 unspecified atom stereocenters. The van der Waals surface area contributed by atoms with Crippen molar-refractivity contribution in [3.05, 3.63) is 28.2 Å². The summed E-state index contributed by atoms with van der Waals surface area (Å²) in [4.78, 5) is 0. The van der Waals surface area contributed by atoms with Gasteiger partial charge in [-0.15, -0.1) is 0 Å². The van der Waals surface area contributed by atoms with Crippen LogP contribution in [0.2, 0.25) is 0 Å². The number of hydrazine groups is 1. The van der Waals surface area contributed by atoms with Crippen LogP contribution in [-0.2, 0) is 5.41 Å². The lowest BCUT2D eigenvalue weighted by Crippen LogP contribution is -2.40. The maximum Gasteiger partial charge on any atom is 0.122 e. The molecule has 4 N–H and O–H groups in total. The second-order valence-electron chi connectivity index (χ2n) is 4.54. The van der Waals surface area contributed by atoms with Gasteiger partial charge in [0.1, 0.15) is 5.75 Å². The number of rotatable bonds is 6. The summed E-state index contributed by atoms with van der Waals surface area (Å²) in [5.41, 5.74) is 3.71. The quantitative estimate of drug-likeness (QED) is 0.324. The predicted octanol–water partition coefficient (Wildman–Crippen LogP) is 1.75. The van der Waals surface area contributed by atoms with E-state index in [9.17, 15) is 0 Å². The molecule has 1 rings (SSSR count). The molecular formula is C12H20BrN3O. The van der Waals surface area contributed by atoms with Crippen LogP contribution in [0.15, 0.2) is 22.7 Å². The molecule has 17 heavy (non-hydrogen) atoms. The van der Waals surface area contributed by atoms with Gasteiger partial charge in [-0.05, 0) is 18.2 Å². The van der Waals surface area contributed by atoms with Gasteiger partial charge in [0.2, 0.25) is 0 Å². The lowest BCUT2D eigenvalue weighted by Gasteiger charge is -2.27. The Labute approximate surface area is 111 Å². The predicted molar refractivity (Wildman–Crippen MR) is 73.9 cm³/mol. The van der Waals surface area contributed by atoms with Gasteiger partial charge in [-0.3, -0.25) is 5.84 Å². The maximum absolute atomic E-state index is 5.40. The van der Waals surface area contributed by atoms with E-state index in [2.05, 4.69) is 46.6 Å². The molecular weight excluding hydrogens is 282 g/mol. The van der Waals surface area contributed by atoms with Gasteiger partial charge in [-0.25, -0.2) is 5.43 Å². The first-order valence-electron chi connectivity index (χ1n) is 5.49. The topological polar surface area (TPSA) is 59.3 Å². The second kappa shape index (κ2) is 6.35. The van der Waals surface area contributed by atoms with Gasteiger partial charge in [-0.2, -0.15) is 0 Å². The van der Waals surface area contributed by atoms with Crippen molar-refractivity contribution in [1.29, 1.82) is 0 Å². The molecule has 4 nitrogen and oxygen atoms in total. The Kier molecular flexibility index (Phi) is 5.39. The molecule has 0 spiro atoms. The molecule has 0 saturated heterocycles. The summed E-state index contributed by atoms with van der Waals surface area (Å²) in [5, 5.41) is 3.24. The molecule has 1 aromatic rings. The molecule has 0 atom stereocenters. The number of halogens is 1. The van der Waals surface area contributed by atoms with Gasteiger partial charge >= 0.3 is 0 Å². The number of methoxy groups -OCH3 is 1. The van der Waals surface area contributed by atoms with Gasteiger partial charge in [0.25, 0.3) is 0 Å². The largest absolute Gasteiger partial charge is 0.496 e. The van der Waals surface area contributed by atoms with E-state index in [1.165, 1.54) is 5.56 Å². The number of nitrogens with two attached hydrogens (primary N) is 1. The molecule has 0 fully saturated rings. The zero-order valence-corrected chi connectivity index (χ0v) is 12.1. The summed E-state index contributed by atoms with van der Waals surface area (Å²) >= 11 is 3.49. The van der Waals surface area contributed by atoms with Gasteiger partial charge in [0.15, 0.2) is 0 Å². The van der Waals surface area contributed by atoms with Crippen molar-refractivity contribution in [3.63, 3.8) is 0 Å². The Morgan fingerprint density at radius 2 is 2.12 bits per heavy atom. The van der Waals surface area contributed by atoms with Crippen molar-refractivity contribution in [2.24, 2.45) is 5.84 Å². The monoisotopic (exact) mass is 301 g/mol. The van der Waals surface area contributed by atoms with Crippen molar-refractivity contribution in [2.75, 3.05) is 20.3 Å². The third-order valence-electron chi connectivity index (χ3n) is 2.68. The van der Waals surface area contributed by atoms with Gasteiger partial charge < -0.3 is 10.1 Å². The Balaban J connectivity index is 2.91. The normalized spacial score (nSPS) is 11.6. The van der Waals surface area contributed by atoms with Crippen LogP contribution in [0.1, 0.15) is 19.4 Å². The van der Waals surface area contributed by atoms with E-state index >= 15 is 0 Å². The zero-order valence-electron chi connectivity index (χ0n) is 10.5. The van der Waals surface area contributed by atoms with E-state index < -0.39 is 0 Å².